The van der Waals surface area contributed by atoms with Gasteiger partial charge in [0.25, 0.3) is 0 Å². The van der Waals surface area contributed by atoms with Crippen LogP contribution in [0, 0.1) is 46.8 Å². The number of carbonyl (C=O) groups is 1. The van der Waals surface area contributed by atoms with Crippen LogP contribution >= 0.6 is 11.8 Å². The largest absolute Gasteiger partial charge is 0.393 e. The van der Waals surface area contributed by atoms with Crippen LogP contribution in [-0.4, -0.2) is 43.5 Å². The molecule has 0 spiro atoms. The lowest BCUT2D eigenvalue weighted by molar-refractivity contribution is -0.181. The quantitative estimate of drug-likeness (QED) is 0.541. The third-order valence-electron chi connectivity index (χ3n) is 10.00. The Morgan fingerprint density at radius 1 is 1.03 bits per heavy atom. The highest BCUT2D eigenvalue weighted by molar-refractivity contribution is 8.14. The summed E-state index contributed by atoms with van der Waals surface area (Å²) in [6.45, 7) is 10.9. The van der Waals surface area contributed by atoms with Crippen LogP contribution in [0.1, 0.15) is 92.4 Å². The number of hydrogen-bond donors (Lipinski definition) is 3. The molecule has 0 radical (unpaired) electrons. The lowest BCUT2D eigenvalue weighted by Crippen LogP contribution is -2.59. The fraction of sp³-hybridized carbons (Fsp3) is 0.963. The third kappa shape index (κ3) is 4.70. The molecule has 0 saturated heterocycles. The molecule has 0 aromatic heterocycles. The zero-order chi connectivity index (χ0) is 23.4. The molecule has 4 aliphatic carbocycles. The summed E-state index contributed by atoms with van der Waals surface area (Å²) in [6, 6.07) is 0. The van der Waals surface area contributed by atoms with Crippen molar-refractivity contribution < 1.29 is 20.1 Å². The Morgan fingerprint density at radius 3 is 2.41 bits per heavy atom. The fourth-order valence-electron chi connectivity index (χ4n) is 8.56. The number of thioether (sulfide) groups is 1. The molecule has 4 fully saturated rings. The van der Waals surface area contributed by atoms with Crippen LogP contribution in [0.5, 0.6) is 0 Å². The summed E-state index contributed by atoms with van der Waals surface area (Å²) < 4.78 is -0.0341. The molecule has 4 aliphatic rings. The smallest absolute Gasteiger partial charge is 0.189 e. The first kappa shape index (κ1) is 25.0. The molecule has 32 heavy (non-hydrogen) atoms. The van der Waals surface area contributed by atoms with E-state index in [9.17, 15) is 20.1 Å². The molecule has 4 nitrogen and oxygen atoms in total. The standard InChI is InChI=1S/C27H46O4S/c1-15(6-9-23(31)32-26(2,3)4)18-7-8-19-24(18)22(30)14-20-25(19)21(29)13-16-12-17(28)10-11-27(16,20)5/h15-22,24-25,28-30H,6-14H2,1-5H3/t15?,16?,17-,18?,19?,20?,21-,22+,24?,25?,27+/m1/s1. The Morgan fingerprint density at radius 2 is 1.72 bits per heavy atom. The molecule has 0 heterocycles. The summed E-state index contributed by atoms with van der Waals surface area (Å²) in [5.41, 5.74) is 0.134. The molecule has 4 rings (SSSR count). The molecular weight excluding hydrogens is 420 g/mol. The van der Waals surface area contributed by atoms with Gasteiger partial charge in [-0.3, -0.25) is 4.79 Å². The first-order valence-corrected chi connectivity index (χ1v) is 14.0. The van der Waals surface area contributed by atoms with Gasteiger partial charge in [-0.05, 0) is 98.2 Å². The van der Waals surface area contributed by atoms with E-state index in [2.05, 4.69) is 34.6 Å². The molecule has 0 amide bonds. The summed E-state index contributed by atoms with van der Waals surface area (Å²) in [5.74, 6) is 2.56. The van der Waals surface area contributed by atoms with E-state index in [4.69, 9.17) is 0 Å². The minimum absolute atomic E-state index is 0.0341. The molecule has 0 aromatic rings. The highest BCUT2D eigenvalue weighted by atomic mass is 32.2. The molecule has 4 saturated carbocycles. The Bertz CT molecular complexity index is 690. The lowest BCUT2D eigenvalue weighted by atomic mass is 9.45. The van der Waals surface area contributed by atoms with Crippen molar-refractivity contribution in [2.45, 2.75) is 115 Å². The molecule has 0 aliphatic heterocycles. The van der Waals surface area contributed by atoms with Crippen molar-refractivity contribution in [2.24, 2.45) is 46.8 Å². The van der Waals surface area contributed by atoms with Gasteiger partial charge >= 0.3 is 0 Å². The van der Waals surface area contributed by atoms with Crippen LogP contribution in [0.15, 0.2) is 0 Å². The van der Waals surface area contributed by atoms with Crippen molar-refractivity contribution in [3.8, 4) is 0 Å². The van der Waals surface area contributed by atoms with Crippen molar-refractivity contribution in [1.29, 1.82) is 0 Å². The number of carbonyl (C=O) groups excluding carboxylic acids is 1. The number of rotatable bonds is 4. The van der Waals surface area contributed by atoms with E-state index >= 15 is 0 Å². The van der Waals surface area contributed by atoms with E-state index in [0.717, 1.165) is 51.4 Å². The summed E-state index contributed by atoms with van der Waals surface area (Å²) in [7, 11) is 0. The number of fused-ring (bicyclic) bond motifs is 5. The molecule has 7 unspecified atom stereocenters. The maximum absolute atomic E-state index is 12.4. The number of hydrogen-bond acceptors (Lipinski definition) is 5. The number of aliphatic hydroxyl groups is 3. The molecule has 0 bridgehead atoms. The normalized spacial score (nSPS) is 47.3. The molecule has 184 valence electrons. The van der Waals surface area contributed by atoms with Gasteiger partial charge in [0, 0.05) is 11.2 Å². The predicted molar refractivity (Wildman–Crippen MR) is 130 cm³/mol. The SMILES string of the molecule is CC(CCC(=O)SC(C)(C)C)C1CCC2C3C(C[C@H](O)C12)[C@@]1(C)CC[C@@H](O)CC1C[C@H]3O. The first-order valence-electron chi connectivity index (χ1n) is 13.2. The van der Waals surface area contributed by atoms with E-state index < -0.39 is 0 Å². The highest BCUT2D eigenvalue weighted by Gasteiger charge is 2.61. The average Bonchev–Trinajstić information content (AvgIpc) is 3.12. The Labute approximate surface area is 199 Å². The molecular formula is C27H46O4S. The highest BCUT2D eigenvalue weighted by Crippen LogP contribution is 2.64. The van der Waals surface area contributed by atoms with Crippen molar-refractivity contribution in [1.82, 2.24) is 0 Å². The van der Waals surface area contributed by atoms with Gasteiger partial charge in [0.05, 0.1) is 18.3 Å². The minimum atomic E-state index is -0.304. The van der Waals surface area contributed by atoms with Gasteiger partial charge in [0.2, 0.25) is 0 Å². The predicted octanol–water partition coefficient (Wildman–Crippen LogP) is 5.03. The zero-order valence-electron chi connectivity index (χ0n) is 20.8. The van der Waals surface area contributed by atoms with Crippen molar-refractivity contribution in [3.63, 3.8) is 0 Å². The van der Waals surface area contributed by atoms with Crippen molar-refractivity contribution in [3.05, 3.63) is 0 Å². The third-order valence-corrected chi connectivity index (χ3v) is 11.0. The van der Waals surface area contributed by atoms with Crippen LogP contribution < -0.4 is 0 Å². The van der Waals surface area contributed by atoms with Crippen molar-refractivity contribution >= 4 is 16.9 Å². The van der Waals surface area contributed by atoms with Gasteiger partial charge in [-0.25, -0.2) is 0 Å². The van der Waals surface area contributed by atoms with Gasteiger partial charge < -0.3 is 15.3 Å². The van der Waals surface area contributed by atoms with Gasteiger partial charge in [-0.15, -0.1) is 0 Å². The topological polar surface area (TPSA) is 77.8 Å². The van der Waals surface area contributed by atoms with Crippen LogP contribution in [0.4, 0.5) is 0 Å². The van der Waals surface area contributed by atoms with Crippen LogP contribution in [0.2, 0.25) is 0 Å². The maximum atomic E-state index is 12.4. The average molecular weight is 467 g/mol. The van der Waals surface area contributed by atoms with E-state index in [1.807, 2.05) is 0 Å². The van der Waals surface area contributed by atoms with E-state index in [0.29, 0.717) is 36.0 Å². The Balaban J connectivity index is 1.45. The Kier molecular flexibility index (Phi) is 7.16. The van der Waals surface area contributed by atoms with E-state index in [-0.39, 0.29) is 45.4 Å². The summed E-state index contributed by atoms with van der Waals surface area (Å²) in [4.78, 5) is 12.4. The summed E-state index contributed by atoms with van der Waals surface area (Å²) in [5, 5.41) is 33.2. The van der Waals surface area contributed by atoms with Crippen LogP contribution in [0.3, 0.4) is 0 Å². The molecule has 0 aromatic carbocycles. The monoisotopic (exact) mass is 466 g/mol. The number of aliphatic hydroxyl groups excluding tert-OH is 3. The first-order chi connectivity index (χ1) is 14.9. The van der Waals surface area contributed by atoms with E-state index in [1.54, 1.807) is 0 Å². The summed E-state index contributed by atoms with van der Waals surface area (Å²) >= 11 is 1.45. The zero-order valence-corrected chi connectivity index (χ0v) is 21.6. The fourth-order valence-corrected chi connectivity index (χ4v) is 9.46. The lowest BCUT2D eigenvalue weighted by Gasteiger charge is -2.61. The summed E-state index contributed by atoms with van der Waals surface area (Å²) in [6.07, 6.45) is 7.19. The van der Waals surface area contributed by atoms with E-state index in [1.165, 1.54) is 11.8 Å². The molecule has 11 atom stereocenters. The van der Waals surface area contributed by atoms with Crippen molar-refractivity contribution in [2.75, 3.05) is 0 Å². The van der Waals surface area contributed by atoms with Crippen LogP contribution in [-0.2, 0) is 4.79 Å². The minimum Gasteiger partial charge on any atom is -0.393 e. The second-order valence-electron chi connectivity index (χ2n) is 13.0. The van der Waals surface area contributed by atoms with Gasteiger partial charge in [-0.2, -0.15) is 0 Å². The van der Waals surface area contributed by atoms with Gasteiger partial charge in [0.15, 0.2) is 5.12 Å². The molecule has 5 heteroatoms. The second kappa shape index (κ2) is 9.17. The van der Waals surface area contributed by atoms with Crippen LogP contribution in [0.25, 0.3) is 0 Å². The Hall–Kier alpha value is -0.100. The molecule has 3 N–H and O–H groups in total. The van der Waals surface area contributed by atoms with Gasteiger partial charge in [-0.1, -0.05) is 46.4 Å². The van der Waals surface area contributed by atoms with Gasteiger partial charge in [0.1, 0.15) is 0 Å². The second-order valence-corrected chi connectivity index (χ2v) is 14.9. The maximum Gasteiger partial charge on any atom is 0.189 e.